The summed E-state index contributed by atoms with van der Waals surface area (Å²) in [6.45, 7) is 6.93. The highest BCUT2D eigenvalue weighted by Crippen LogP contribution is 2.34. The normalized spacial score (nSPS) is 28.1. The molecule has 1 aromatic carbocycles. The number of nitrogens with zero attached hydrogens (tertiary/aromatic N) is 2. The summed E-state index contributed by atoms with van der Waals surface area (Å²) in [5, 5.41) is 0. The third kappa shape index (κ3) is 3.39. The molecule has 0 amide bonds. The van der Waals surface area contributed by atoms with Crippen LogP contribution in [-0.4, -0.2) is 27.5 Å². The Balaban J connectivity index is 1.72. The van der Waals surface area contributed by atoms with E-state index in [0.717, 1.165) is 12.8 Å². The Kier molecular flexibility index (Phi) is 4.32. The van der Waals surface area contributed by atoms with E-state index < -0.39 is 5.79 Å². The molecule has 1 aliphatic heterocycles. The fourth-order valence-corrected chi connectivity index (χ4v) is 2.92. The van der Waals surface area contributed by atoms with Gasteiger partial charge in [0.1, 0.15) is 0 Å². The molecule has 0 radical (unpaired) electrons. The molecule has 0 N–H and O–H groups in total. The number of aromatic nitrogens is 2. The van der Waals surface area contributed by atoms with Gasteiger partial charge < -0.3 is 14.0 Å². The summed E-state index contributed by atoms with van der Waals surface area (Å²) in [6.07, 6.45) is 7.55. The van der Waals surface area contributed by atoms with Crippen molar-refractivity contribution in [3.05, 3.63) is 54.1 Å². The molecule has 1 aromatic heterocycles. The number of benzene rings is 1. The Morgan fingerprint density at radius 3 is 2.41 bits per heavy atom. The number of hydrogen-bond donors (Lipinski definition) is 0. The Bertz CT molecular complexity index is 582. The molecule has 1 fully saturated rings. The zero-order chi connectivity index (χ0) is 15.6. The average Bonchev–Trinajstić information content (AvgIpc) is 3.08. The first-order valence-corrected chi connectivity index (χ1v) is 7.93. The number of imidazole rings is 1. The number of ether oxygens (including phenoxy) is 2. The van der Waals surface area contributed by atoms with Crippen LogP contribution in [0.25, 0.3) is 0 Å². The van der Waals surface area contributed by atoms with E-state index in [0.29, 0.717) is 6.54 Å². The second kappa shape index (κ2) is 6.23. The highest BCUT2D eigenvalue weighted by Gasteiger charge is 2.43. The van der Waals surface area contributed by atoms with E-state index in [1.165, 1.54) is 11.1 Å². The van der Waals surface area contributed by atoms with Gasteiger partial charge in [0.05, 0.1) is 25.1 Å². The van der Waals surface area contributed by atoms with Crippen LogP contribution in [0.3, 0.4) is 0 Å². The number of aryl methyl sites for hydroxylation is 2. The Morgan fingerprint density at radius 1 is 1.14 bits per heavy atom. The first-order valence-electron chi connectivity index (χ1n) is 7.93. The van der Waals surface area contributed by atoms with Crippen molar-refractivity contribution in [3.8, 4) is 0 Å². The largest absolute Gasteiger partial charge is 0.342 e. The third-order valence-corrected chi connectivity index (χ3v) is 4.36. The maximum atomic E-state index is 6.21. The summed E-state index contributed by atoms with van der Waals surface area (Å²) < 4.78 is 14.4. The summed E-state index contributed by atoms with van der Waals surface area (Å²) in [5.41, 5.74) is 2.60. The van der Waals surface area contributed by atoms with Crippen molar-refractivity contribution in [2.45, 2.75) is 58.2 Å². The Morgan fingerprint density at radius 2 is 1.82 bits per heavy atom. The summed E-state index contributed by atoms with van der Waals surface area (Å²) in [5.74, 6) is -0.565. The molecular formula is C18H24N2O2. The minimum atomic E-state index is -0.565. The molecule has 1 saturated heterocycles. The van der Waals surface area contributed by atoms with Crippen LogP contribution < -0.4 is 0 Å². The molecule has 118 valence electrons. The lowest BCUT2D eigenvalue weighted by molar-refractivity contribution is -0.186. The second-order valence-electron chi connectivity index (χ2n) is 6.28. The molecule has 1 aliphatic rings. The van der Waals surface area contributed by atoms with Crippen LogP contribution in [0.2, 0.25) is 0 Å². The minimum absolute atomic E-state index is 0.113. The van der Waals surface area contributed by atoms with Gasteiger partial charge in [-0.15, -0.1) is 0 Å². The van der Waals surface area contributed by atoms with Gasteiger partial charge in [-0.05, 0) is 32.8 Å². The predicted molar refractivity (Wildman–Crippen MR) is 85.6 cm³/mol. The maximum Gasteiger partial charge on any atom is 0.187 e. The first kappa shape index (κ1) is 15.3. The van der Waals surface area contributed by atoms with Gasteiger partial charge in [0.25, 0.3) is 0 Å². The highest BCUT2D eigenvalue weighted by molar-refractivity contribution is 5.21. The van der Waals surface area contributed by atoms with Crippen LogP contribution >= 0.6 is 0 Å². The molecule has 2 aromatic rings. The zero-order valence-corrected chi connectivity index (χ0v) is 13.5. The van der Waals surface area contributed by atoms with Crippen molar-refractivity contribution < 1.29 is 9.47 Å². The summed E-state index contributed by atoms with van der Waals surface area (Å²) in [4.78, 5) is 4.11. The maximum absolute atomic E-state index is 6.21. The molecule has 0 aliphatic carbocycles. The van der Waals surface area contributed by atoms with E-state index in [-0.39, 0.29) is 12.2 Å². The summed E-state index contributed by atoms with van der Waals surface area (Å²) in [6, 6.07) is 8.67. The zero-order valence-electron chi connectivity index (χ0n) is 13.5. The van der Waals surface area contributed by atoms with Crippen LogP contribution in [0.4, 0.5) is 0 Å². The average molecular weight is 300 g/mol. The Hall–Kier alpha value is -1.65. The molecule has 4 nitrogen and oxygen atoms in total. The van der Waals surface area contributed by atoms with Crippen LogP contribution in [-0.2, 0) is 22.4 Å². The van der Waals surface area contributed by atoms with E-state index in [2.05, 4.69) is 50.0 Å². The predicted octanol–water partition coefficient (Wildman–Crippen LogP) is 3.34. The molecule has 22 heavy (non-hydrogen) atoms. The van der Waals surface area contributed by atoms with Crippen molar-refractivity contribution in [3.63, 3.8) is 0 Å². The van der Waals surface area contributed by atoms with Crippen LogP contribution in [0, 0.1) is 6.92 Å². The number of hydrogen-bond acceptors (Lipinski definition) is 3. The smallest absolute Gasteiger partial charge is 0.187 e. The SMILES string of the molecule is Cc1ccc(CCC2(Cn3ccnc3)OC(C)C(C)O2)cc1. The van der Waals surface area contributed by atoms with Gasteiger partial charge in [-0.2, -0.15) is 0 Å². The lowest BCUT2D eigenvalue weighted by Crippen LogP contribution is -2.36. The molecular weight excluding hydrogens is 276 g/mol. The molecule has 2 heterocycles. The van der Waals surface area contributed by atoms with Crippen molar-refractivity contribution in [2.24, 2.45) is 0 Å². The van der Waals surface area contributed by atoms with Crippen LogP contribution in [0.15, 0.2) is 43.0 Å². The monoisotopic (exact) mass is 300 g/mol. The van der Waals surface area contributed by atoms with Gasteiger partial charge in [-0.1, -0.05) is 29.8 Å². The van der Waals surface area contributed by atoms with Crippen molar-refractivity contribution in [1.29, 1.82) is 0 Å². The standard InChI is InChI=1S/C18H24N2O2/c1-14-4-6-17(7-5-14)8-9-18(12-20-11-10-19-13-20)21-15(2)16(3)22-18/h4-7,10-11,13,15-16H,8-9,12H2,1-3H3. The van der Waals surface area contributed by atoms with Gasteiger partial charge in [0.2, 0.25) is 0 Å². The van der Waals surface area contributed by atoms with Gasteiger partial charge in [0.15, 0.2) is 5.79 Å². The molecule has 3 rings (SSSR count). The fraction of sp³-hybridized carbons (Fsp3) is 0.500. The van der Waals surface area contributed by atoms with Gasteiger partial charge in [-0.3, -0.25) is 0 Å². The summed E-state index contributed by atoms with van der Waals surface area (Å²) in [7, 11) is 0. The van der Waals surface area contributed by atoms with Crippen LogP contribution in [0.5, 0.6) is 0 Å². The van der Waals surface area contributed by atoms with E-state index in [1.807, 2.05) is 17.1 Å². The van der Waals surface area contributed by atoms with E-state index in [9.17, 15) is 0 Å². The Labute approximate surface area is 132 Å². The summed E-state index contributed by atoms with van der Waals surface area (Å²) >= 11 is 0. The molecule has 4 heteroatoms. The lowest BCUT2D eigenvalue weighted by atomic mass is 10.0. The fourth-order valence-electron chi connectivity index (χ4n) is 2.92. The van der Waals surface area contributed by atoms with Crippen LogP contribution in [0.1, 0.15) is 31.4 Å². The van der Waals surface area contributed by atoms with Crippen molar-refractivity contribution in [1.82, 2.24) is 9.55 Å². The molecule has 0 spiro atoms. The van der Waals surface area contributed by atoms with Crippen molar-refractivity contribution >= 4 is 0 Å². The third-order valence-electron chi connectivity index (χ3n) is 4.36. The molecule has 0 saturated carbocycles. The molecule has 2 atom stereocenters. The minimum Gasteiger partial charge on any atom is -0.342 e. The number of rotatable bonds is 5. The van der Waals surface area contributed by atoms with Gasteiger partial charge in [-0.25, -0.2) is 4.98 Å². The van der Waals surface area contributed by atoms with Gasteiger partial charge >= 0.3 is 0 Å². The molecule has 0 bridgehead atoms. The topological polar surface area (TPSA) is 36.3 Å². The first-order chi connectivity index (χ1) is 10.6. The van der Waals surface area contributed by atoms with E-state index in [1.54, 1.807) is 6.20 Å². The van der Waals surface area contributed by atoms with E-state index in [4.69, 9.17) is 9.47 Å². The highest BCUT2D eigenvalue weighted by atomic mass is 16.8. The van der Waals surface area contributed by atoms with Gasteiger partial charge in [0, 0.05) is 18.8 Å². The van der Waals surface area contributed by atoms with Crippen molar-refractivity contribution in [2.75, 3.05) is 0 Å². The molecule has 2 unspecified atom stereocenters. The van der Waals surface area contributed by atoms with E-state index >= 15 is 0 Å². The lowest BCUT2D eigenvalue weighted by Gasteiger charge is -2.28. The quantitative estimate of drug-likeness (QED) is 0.849. The second-order valence-corrected chi connectivity index (χ2v) is 6.28.